The second-order valence-electron chi connectivity index (χ2n) is 6.12. The number of alkyl halides is 3. The monoisotopic (exact) mass is 386 g/mol. The number of hydrogen-bond acceptors (Lipinski definition) is 4. The first kappa shape index (κ1) is 19.4. The van der Waals surface area contributed by atoms with Gasteiger partial charge in [0.2, 0.25) is 0 Å². The van der Waals surface area contributed by atoms with Crippen LogP contribution in [0.1, 0.15) is 27.0 Å². The third-order valence-electron chi connectivity index (χ3n) is 4.07. The summed E-state index contributed by atoms with van der Waals surface area (Å²) in [5, 5.41) is 3.11. The minimum Gasteiger partial charge on any atom is -0.465 e. The lowest BCUT2D eigenvalue weighted by molar-refractivity contribution is -0.137. The van der Waals surface area contributed by atoms with Gasteiger partial charge in [0.25, 0.3) is 0 Å². The van der Waals surface area contributed by atoms with Gasteiger partial charge < -0.3 is 10.1 Å². The van der Waals surface area contributed by atoms with Gasteiger partial charge in [-0.2, -0.15) is 13.2 Å². The highest BCUT2D eigenvalue weighted by Crippen LogP contribution is 2.30. The summed E-state index contributed by atoms with van der Waals surface area (Å²) in [6.45, 7) is 0. The zero-order chi connectivity index (χ0) is 20.1. The molecule has 0 saturated carbocycles. The van der Waals surface area contributed by atoms with Crippen LogP contribution in [0, 0.1) is 0 Å². The zero-order valence-corrected chi connectivity index (χ0v) is 15.0. The average molecular weight is 386 g/mol. The van der Waals surface area contributed by atoms with Crippen LogP contribution in [0.2, 0.25) is 0 Å². The fourth-order valence-corrected chi connectivity index (χ4v) is 2.70. The Bertz CT molecular complexity index is 970. The number of methoxy groups -OCH3 is 1. The van der Waals surface area contributed by atoms with Gasteiger partial charge in [-0.1, -0.05) is 18.2 Å². The molecule has 0 aliphatic heterocycles. The lowest BCUT2D eigenvalue weighted by Crippen LogP contribution is -2.05. The van der Waals surface area contributed by atoms with Crippen molar-refractivity contribution >= 4 is 17.5 Å². The van der Waals surface area contributed by atoms with Gasteiger partial charge in [0.05, 0.1) is 18.2 Å². The quantitative estimate of drug-likeness (QED) is 0.611. The molecule has 4 nitrogen and oxygen atoms in total. The molecule has 144 valence electrons. The van der Waals surface area contributed by atoms with E-state index in [9.17, 15) is 18.0 Å². The Morgan fingerprint density at radius 1 is 1.04 bits per heavy atom. The van der Waals surface area contributed by atoms with E-state index in [2.05, 4.69) is 15.0 Å². The van der Waals surface area contributed by atoms with E-state index in [4.69, 9.17) is 0 Å². The summed E-state index contributed by atoms with van der Waals surface area (Å²) < 4.78 is 43.2. The first-order valence-corrected chi connectivity index (χ1v) is 8.41. The maximum absolute atomic E-state index is 12.9. The molecule has 2 aromatic carbocycles. The van der Waals surface area contributed by atoms with Crippen LogP contribution in [0.25, 0.3) is 0 Å². The molecule has 0 radical (unpaired) electrons. The molecule has 0 atom stereocenters. The number of benzene rings is 2. The van der Waals surface area contributed by atoms with Gasteiger partial charge in [-0.25, -0.2) is 9.78 Å². The summed E-state index contributed by atoms with van der Waals surface area (Å²) in [5.74, 6) is 0.128. The molecule has 0 aliphatic carbocycles. The highest BCUT2D eigenvalue weighted by Gasteiger charge is 2.30. The first-order valence-electron chi connectivity index (χ1n) is 8.41. The molecule has 1 heterocycles. The van der Waals surface area contributed by atoms with Crippen molar-refractivity contribution in [2.24, 2.45) is 0 Å². The molecule has 0 bridgehead atoms. The number of nitrogens with zero attached hydrogens (tertiary/aromatic N) is 1. The van der Waals surface area contributed by atoms with Crippen LogP contribution in [0.5, 0.6) is 0 Å². The van der Waals surface area contributed by atoms with Crippen LogP contribution in [0.3, 0.4) is 0 Å². The van der Waals surface area contributed by atoms with Crippen molar-refractivity contribution in [1.29, 1.82) is 0 Å². The van der Waals surface area contributed by atoms with Crippen molar-refractivity contribution in [2.45, 2.75) is 12.6 Å². The van der Waals surface area contributed by atoms with Crippen LogP contribution in [-0.4, -0.2) is 18.1 Å². The van der Waals surface area contributed by atoms with E-state index in [0.29, 0.717) is 23.4 Å². The van der Waals surface area contributed by atoms with E-state index in [1.807, 2.05) is 0 Å². The van der Waals surface area contributed by atoms with E-state index in [1.165, 1.54) is 13.2 Å². The van der Waals surface area contributed by atoms with Crippen molar-refractivity contribution in [1.82, 2.24) is 4.98 Å². The number of halogens is 3. The number of aromatic nitrogens is 1. The normalized spacial score (nSPS) is 11.1. The molecule has 1 N–H and O–H groups in total. The number of carbonyl (C=O) groups excluding carboxylic acids is 1. The molecule has 3 rings (SSSR count). The predicted molar refractivity (Wildman–Crippen MR) is 99.6 cm³/mol. The molecular formula is C21H17F3N2O2. The van der Waals surface area contributed by atoms with E-state index in [-0.39, 0.29) is 0 Å². The molecule has 0 amide bonds. The molecule has 1 aromatic heterocycles. The third kappa shape index (κ3) is 4.88. The van der Waals surface area contributed by atoms with Crippen molar-refractivity contribution in [3.63, 3.8) is 0 Å². The van der Waals surface area contributed by atoms with E-state index in [1.54, 1.807) is 48.7 Å². The first-order chi connectivity index (χ1) is 13.3. The minimum absolute atomic E-state index is 0.350. The van der Waals surface area contributed by atoms with Gasteiger partial charge >= 0.3 is 12.1 Å². The molecule has 0 unspecified atom stereocenters. The molecule has 0 saturated heterocycles. The standard InChI is InChI=1S/C21H17F3N2O2/c1-28-20(27)16-5-7-18(8-6-16)26-19-13-15(9-10-25-19)11-14-3-2-4-17(12-14)21(22,23)24/h2-10,12-13H,11H2,1H3,(H,25,26). The van der Waals surface area contributed by atoms with Gasteiger partial charge in [-0.3, -0.25) is 0 Å². The van der Waals surface area contributed by atoms with E-state index < -0.39 is 17.7 Å². The van der Waals surface area contributed by atoms with Crippen LogP contribution in [-0.2, 0) is 17.3 Å². The van der Waals surface area contributed by atoms with Gasteiger partial charge in [0.15, 0.2) is 0 Å². The van der Waals surface area contributed by atoms with Gasteiger partial charge in [0.1, 0.15) is 5.82 Å². The molecule has 7 heteroatoms. The van der Waals surface area contributed by atoms with Crippen molar-refractivity contribution in [3.8, 4) is 0 Å². The number of nitrogens with one attached hydrogen (secondary N) is 1. The Morgan fingerprint density at radius 3 is 2.43 bits per heavy atom. The summed E-state index contributed by atoms with van der Waals surface area (Å²) in [4.78, 5) is 15.7. The van der Waals surface area contributed by atoms with Crippen LogP contribution in [0.4, 0.5) is 24.7 Å². The summed E-state index contributed by atoms with van der Waals surface area (Å²) in [7, 11) is 1.31. The van der Waals surface area contributed by atoms with Crippen LogP contribution >= 0.6 is 0 Å². The zero-order valence-electron chi connectivity index (χ0n) is 15.0. The summed E-state index contributed by atoms with van der Waals surface area (Å²) in [6.07, 6.45) is -2.42. The summed E-state index contributed by atoms with van der Waals surface area (Å²) >= 11 is 0. The lowest BCUT2D eigenvalue weighted by atomic mass is 10.0. The lowest BCUT2D eigenvalue weighted by Gasteiger charge is -2.10. The van der Waals surface area contributed by atoms with E-state index in [0.717, 1.165) is 23.4 Å². The fourth-order valence-electron chi connectivity index (χ4n) is 2.70. The molecule has 28 heavy (non-hydrogen) atoms. The summed E-state index contributed by atoms with van der Waals surface area (Å²) in [5.41, 5.74) is 1.87. The van der Waals surface area contributed by atoms with E-state index >= 15 is 0 Å². The Hall–Kier alpha value is -3.35. The highest BCUT2D eigenvalue weighted by molar-refractivity contribution is 5.89. The minimum atomic E-state index is -4.36. The van der Waals surface area contributed by atoms with Crippen molar-refractivity contribution < 1.29 is 22.7 Å². The number of pyridine rings is 1. The number of esters is 1. The largest absolute Gasteiger partial charge is 0.465 e. The maximum atomic E-state index is 12.9. The second-order valence-corrected chi connectivity index (χ2v) is 6.12. The Kier molecular flexibility index (Phi) is 5.63. The van der Waals surface area contributed by atoms with Crippen LogP contribution in [0.15, 0.2) is 66.9 Å². The van der Waals surface area contributed by atoms with Crippen molar-refractivity contribution in [3.05, 3.63) is 89.1 Å². The predicted octanol–water partition coefficient (Wildman–Crippen LogP) is 5.22. The average Bonchev–Trinajstić information content (AvgIpc) is 2.68. The summed E-state index contributed by atoms with van der Waals surface area (Å²) in [6, 6.07) is 15.5. The Morgan fingerprint density at radius 2 is 1.75 bits per heavy atom. The van der Waals surface area contributed by atoms with Gasteiger partial charge in [0, 0.05) is 11.9 Å². The molecule has 0 fully saturated rings. The number of anilines is 2. The van der Waals surface area contributed by atoms with Crippen molar-refractivity contribution in [2.75, 3.05) is 12.4 Å². The Balaban J connectivity index is 1.73. The number of rotatable bonds is 5. The van der Waals surface area contributed by atoms with Gasteiger partial charge in [-0.15, -0.1) is 0 Å². The SMILES string of the molecule is COC(=O)c1ccc(Nc2cc(Cc3cccc(C(F)(F)F)c3)ccn2)cc1. The fraction of sp³-hybridized carbons (Fsp3) is 0.143. The highest BCUT2D eigenvalue weighted by atomic mass is 19.4. The molecule has 3 aromatic rings. The third-order valence-corrected chi connectivity index (χ3v) is 4.07. The van der Waals surface area contributed by atoms with Gasteiger partial charge in [-0.05, 0) is 60.0 Å². The van der Waals surface area contributed by atoms with Crippen LogP contribution < -0.4 is 5.32 Å². The maximum Gasteiger partial charge on any atom is 0.416 e. The number of carbonyl (C=O) groups is 1. The molecular weight excluding hydrogens is 369 g/mol. The molecule has 0 aliphatic rings. The number of hydrogen-bond donors (Lipinski definition) is 1. The number of ether oxygens (including phenoxy) is 1. The smallest absolute Gasteiger partial charge is 0.416 e. The topological polar surface area (TPSA) is 51.2 Å². The molecule has 0 spiro atoms. The Labute approximate surface area is 160 Å². The second kappa shape index (κ2) is 8.12.